The van der Waals surface area contributed by atoms with Crippen molar-refractivity contribution in [2.45, 2.75) is 12.8 Å². The Hall–Kier alpha value is -2.98. The summed E-state index contributed by atoms with van der Waals surface area (Å²) < 4.78 is 0. The summed E-state index contributed by atoms with van der Waals surface area (Å²) in [4.78, 5) is 12.3. The topological polar surface area (TPSA) is 67.6 Å². The summed E-state index contributed by atoms with van der Waals surface area (Å²) in [5.41, 5.74) is 12.6. The first kappa shape index (κ1) is 15.5. The normalized spacial score (nSPS) is 12.4. The Morgan fingerprint density at radius 1 is 1.00 bits per heavy atom. The molecule has 124 valence electrons. The van der Waals surface area contributed by atoms with Crippen LogP contribution in [0.1, 0.15) is 22.6 Å². The first-order valence-electron chi connectivity index (χ1n) is 8.42. The largest absolute Gasteiger partial charge is 0.346 e. The van der Waals surface area contributed by atoms with Crippen molar-refractivity contribution < 1.29 is 0 Å². The number of nitrogens with zero attached hydrogens (tertiary/aromatic N) is 2. The monoisotopic (exact) mass is 328 g/mol. The van der Waals surface area contributed by atoms with Gasteiger partial charge in [-0.2, -0.15) is 0 Å². The van der Waals surface area contributed by atoms with E-state index in [0.29, 0.717) is 6.54 Å². The molecule has 0 aliphatic rings. The summed E-state index contributed by atoms with van der Waals surface area (Å²) in [5.74, 6) is 0.101. The van der Waals surface area contributed by atoms with Gasteiger partial charge in [-0.1, -0.05) is 54.6 Å². The number of hydrogen-bond donors (Lipinski definition) is 2. The minimum absolute atomic E-state index is 0.101. The quantitative estimate of drug-likeness (QED) is 0.594. The molecule has 0 bridgehead atoms. The molecular formula is C21H20N4. The van der Waals surface area contributed by atoms with Gasteiger partial charge in [0.05, 0.1) is 5.69 Å². The van der Waals surface area contributed by atoms with Crippen molar-refractivity contribution in [2.24, 2.45) is 5.73 Å². The van der Waals surface area contributed by atoms with E-state index in [-0.39, 0.29) is 5.92 Å². The molecule has 0 aliphatic heterocycles. The van der Waals surface area contributed by atoms with E-state index < -0.39 is 0 Å². The maximum atomic E-state index is 6.15. The number of nitrogens with one attached hydrogen (secondary N) is 1. The zero-order chi connectivity index (χ0) is 17.2. The van der Waals surface area contributed by atoms with Gasteiger partial charge in [0.15, 0.2) is 0 Å². The van der Waals surface area contributed by atoms with Gasteiger partial charge in [-0.15, -0.1) is 0 Å². The smallest absolute Gasteiger partial charge is 0.141 e. The van der Waals surface area contributed by atoms with Crippen LogP contribution in [0.5, 0.6) is 0 Å². The van der Waals surface area contributed by atoms with Crippen molar-refractivity contribution in [3.8, 4) is 11.3 Å². The first-order valence-corrected chi connectivity index (χ1v) is 8.42. The average Bonchev–Trinajstić information content (AvgIpc) is 3.08. The number of aromatic amines is 1. The zero-order valence-corrected chi connectivity index (χ0v) is 14.1. The molecule has 1 unspecified atom stereocenters. The van der Waals surface area contributed by atoms with Crippen LogP contribution in [0.25, 0.3) is 22.3 Å². The number of hydrogen-bond acceptors (Lipinski definition) is 3. The Kier molecular flexibility index (Phi) is 4.04. The summed E-state index contributed by atoms with van der Waals surface area (Å²) >= 11 is 0. The maximum absolute atomic E-state index is 6.15. The summed E-state index contributed by atoms with van der Waals surface area (Å²) in [6, 6.07) is 18.6. The highest BCUT2D eigenvalue weighted by Crippen LogP contribution is 2.35. The van der Waals surface area contributed by atoms with Gasteiger partial charge in [0.1, 0.15) is 12.0 Å². The Morgan fingerprint density at radius 3 is 2.52 bits per heavy atom. The third-order valence-corrected chi connectivity index (χ3v) is 4.71. The third-order valence-electron chi connectivity index (χ3n) is 4.71. The molecule has 4 heteroatoms. The number of H-pyrrole nitrogens is 1. The lowest BCUT2D eigenvalue weighted by molar-refractivity contribution is 0.825. The molecule has 4 rings (SSSR count). The van der Waals surface area contributed by atoms with Crippen LogP contribution in [0.4, 0.5) is 0 Å². The van der Waals surface area contributed by atoms with Crippen LogP contribution in [0, 0.1) is 6.92 Å². The fourth-order valence-corrected chi connectivity index (χ4v) is 3.43. The van der Waals surface area contributed by atoms with Crippen molar-refractivity contribution in [1.82, 2.24) is 15.0 Å². The van der Waals surface area contributed by atoms with Crippen LogP contribution in [0.3, 0.4) is 0 Å². The summed E-state index contributed by atoms with van der Waals surface area (Å²) in [6.45, 7) is 2.63. The lowest BCUT2D eigenvalue weighted by atomic mass is 9.90. The Morgan fingerprint density at radius 2 is 1.76 bits per heavy atom. The number of benzene rings is 2. The van der Waals surface area contributed by atoms with Gasteiger partial charge in [-0.05, 0) is 23.6 Å². The molecule has 1 atom stereocenters. The van der Waals surface area contributed by atoms with Crippen LogP contribution in [-0.4, -0.2) is 21.5 Å². The fourth-order valence-electron chi connectivity index (χ4n) is 3.43. The number of rotatable bonds is 4. The van der Waals surface area contributed by atoms with Crippen molar-refractivity contribution in [1.29, 1.82) is 0 Å². The van der Waals surface area contributed by atoms with Crippen molar-refractivity contribution in [2.75, 3.05) is 6.54 Å². The molecule has 0 saturated heterocycles. The lowest BCUT2D eigenvalue weighted by Gasteiger charge is -2.16. The average molecular weight is 328 g/mol. The molecule has 0 aliphatic carbocycles. The standard InChI is InChI=1S/C21H20N4/c1-14-7-5-6-10-16(14)20-19-18(12-23-21(19)25-13-24-20)17(11-22)15-8-3-2-4-9-15/h2-10,12-13,17H,11,22H2,1H3,(H,23,24,25). The third kappa shape index (κ3) is 2.71. The van der Waals surface area contributed by atoms with Crippen molar-refractivity contribution >= 4 is 11.0 Å². The Bertz CT molecular complexity index is 1000. The van der Waals surface area contributed by atoms with Crippen molar-refractivity contribution in [3.05, 3.63) is 83.8 Å². The van der Waals surface area contributed by atoms with Gasteiger partial charge in [0, 0.05) is 29.6 Å². The number of aryl methyl sites for hydroxylation is 1. The van der Waals surface area contributed by atoms with Crippen LogP contribution in [0.2, 0.25) is 0 Å². The summed E-state index contributed by atoms with van der Waals surface area (Å²) in [6.07, 6.45) is 3.63. The van der Waals surface area contributed by atoms with E-state index in [2.05, 4.69) is 46.1 Å². The fraction of sp³-hybridized carbons (Fsp3) is 0.143. The number of aromatic nitrogens is 3. The van der Waals surface area contributed by atoms with E-state index in [1.54, 1.807) is 6.33 Å². The lowest BCUT2D eigenvalue weighted by Crippen LogP contribution is -2.13. The molecule has 2 heterocycles. The second kappa shape index (κ2) is 6.49. The number of fused-ring (bicyclic) bond motifs is 1. The van der Waals surface area contributed by atoms with Gasteiger partial charge in [-0.3, -0.25) is 0 Å². The van der Waals surface area contributed by atoms with Gasteiger partial charge in [0.2, 0.25) is 0 Å². The minimum Gasteiger partial charge on any atom is -0.346 e. The maximum Gasteiger partial charge on any atom is 0.141 e. The molecule has 4 aromatic rings. The highest BCUT2D eigenvalue weighted by Gasteiger charge is 2.21. The Labute approximate surface area is 146 Å². The molecule has 25 heavy (non-hydrogen) atoms. The minimum atomic E-state index is 0.101. The van der Waals surface area contributed by atoms with Crippen LogP contribution >= 0.6 is 0 Å². The van der Waals surface area contributed by atoms with Crippen LogP contribution in [0.15, 0.2) is 67.1 Å². The van der Waals surface area contributed by atoms with Gasteiger partial charge < -0.3 is 10.7 Å². The molecule has 0 spiro atoms. The molecule has 0 amide bonds. The van der Waals surface area contributed by atoms with Gasteiger partial charge in [0.25, 0.3) is 0 Å². The van der Waals surface area contributed by atoms with E-state index in [9.17, 15) is 0 Å². The van der Waals surface area contributed by atoms with E-state index in [1.807, 2.05) is 36.5 Å². The molecule has 4 nitrogen and oxygen atoms in total. The van der Waals surface area contributed by atoms with E-state index in [0.717, 1.165) is 27.9 Å². The van der Waals surface area contributed by atoms with Crippen LogP contribution < -0.4 is 5.73 Å². The van der Waals surface area contributed by atoms with Crippen LogP contribution in [-0.2, 0) is 0 Å². The van der Waals surface area contributed by atoms with Gasteiger partial charge >= 0.3 is 0 Å². The molecule has 0 radical (unpaired) electrons. The second-order valence-corrected chi connectivity index (χ2v) is 6.20. The van der Waals surface area contributed by atoms with Gasteiger partial charge in [-0.25, -0.2) is 9.97 Å². The van der Waals surface area contributed by atoms with E-state index in [4.69, 9.17) is 5.73 Å². The summed E-state index contributed by atoms with van der Waals surface area (Å²) in [5, 5.41) is 1.05. The highest BCUT2D eigenvalue weighted by atomic mass is 14.9. The first-order chi connectivity index (χ1) is 12.3. The van der Waals surface area contributed by atoms with E-state index >= 15 is 0 Å². The Balaban J connectivity index is 1.96. The second-order valence-electron chi connectivity index (χ2n) is 6.20. The molecule has 0 saturated carbocycles. The highest BCUT2D eigenvalue weighted by molar-refractivity contribution is 5.94. The SMILES string of the molecule is Cc1ccccc1-c1ncnc2[nH]cc(C(CN)c3ccccc3)c12. The molecule has 0 fully saturated rings. The molecule has 2 aromatic heterocycles. The van der Waals surface area contributed by atoms with E-state index in [1.165, 1.54) is 11.1 Å². The predicted octanol–water partition coefficient (Wildman–Crippen LogP) is 4.02. The molecule has 3 N–H and O–H groups in total. The molecular weight excluding hydrogens is 308 g/mol. The van der Waals surface area contributed by atoms with Crippen molar-refractivity contribution in [3.63, 3.8) is 0 Å². The molecule has 2 aromatic carbocycles. The summed E-state index contributed by atoms with van der Waals surface area (Å²) in [7, 11) is 0. The number of nitrogens with two attached hydrogens (primary N) is 1. The zero-order valence-electron chi connectivity index (χ0n) is 14.1. The predicted molar refractivity (Wildman–Crippen MR) is 101 cm³/mol.